The summed E-state index contributed by atoms with van der Waals surface area (Å²) in [6.07, 6.45) is 0. The summed E-state index contributed by atoms with van der Waals surface area (Å²) in [5.41, 5.74) is 1.34. The van der Waals surface area contributed by atoms with Gasteiger partial charge in [0.25, 0.3) is 0 Å². The zero-order valence-corrected chi connectivity index (χ0v) is 19.9. The van der Waals surface area contributed by atoms with E-state index in [1.165, 1.54) is 26.5 Å². The maximum atomic E-state index is 3.98. The number of para-hydroxylation sites is 1. The lowest BCUT2D eigenvalue weighted by Gasteiger charge is -2.25. The summed E-state index contributed by atoms with van der Waals surface area (Å²) in [6, 6.07) is 30.9. The van der Waals surface area contributed by atoms with Gasteiger partial charge in [-0.15, -0.1) is 0 Å². The van der Waals surface area contributed by atoms with Crippen LogP contribution in [0, 0.1) is 0 Å². The summed E-state index contributed by atoms with van der Waals surface area (Å²) in [5, 5.41) is 4.26. The van der Waals surface area contributed by atoms with Crippen molar-refractivity contribution in [3.8, 4) is 0 Å². The molecule has 27 heavy (non-hydrogen) atoms. The number of hydrogen-bond acceptors (Lipinski definition) is 1. The van der Waals surface area contributed by atoms with Crippen molar-refractivity contribution in [2.45, 2.75) is 30.3 Å². The second kappa shape index (κ2) is 9.22. The van der Waals surface area contributed by atoms with Crippen LogP contribution in [0.2, 0.25) is 30.3 Å². The molecule has 0 bridgehead atoms. The lowest BCUT2D eigenvalue weighted by atomic mass is 10.3. The molecule has 0 aliphatic rings. The zero-order valence-electron chi connectivity index (χ0n) is 16.8. The van der Waals surface area contributed by atoms with Gasteiger partial charge >= 0.3 is 14.4 Å². The topological polar surface area (TPSA) is 12.0 Å². The first-order valence-electron chi connectivity index (χ1n) is 9.70. The Labute approximate surface area is 171 Å². The molecule has 0 atom stereocenters. The molecule has 0 aromatic heterocycles. The number of hydrogen-bond donors (Lipinski definition) is 1. The van der Waals surface area contributed by atoms with Crippen molar-refractivity contribution >= 4 is 52.0 Å². The van der Waals surface area contributed by atoms with Gasteiger partial charge in [-0.1, -0.05) is 109 Å². The van der Waals surface area contributed by atoms with Gasteiger partial charge in [0.1, 0.15) is 0 Å². The van der Waals surface area contributed by atoms with Crippen molar-refractivity contribution in [1.82, 2.24) is 0 Å². The van der Waals surface area contributed by atoms with Gasteiger partial charge in [0.2, 0.25) is 0 Å². The number of anilines is 1. The van der Waals surface area contributed by atoms with Gasteiger partial charge < -0.3 is 4.30 Å². The van der Waals surface area contributed by atoms with Crippen molar-refractivity contribution < 1.29 is 0 Å². The van der Waals surface area contributed by atoms with Gasteiger partial charge in [-0.25, -0.2) is 0 Å². The van der Waals surface area contributed by atoms with E-state index in [4.69, 9.17) is 0 Å². The Balaban J connectivity index is 2.01. The van der Waals surface area contributed by atoms with Crippen LogP contribution < -0.4 is 20.2 Å². The molecule has 3 aromatic carbocycles. The first-order chi connectivity index (χ1) is 12.9. The Morgan fingerprint density at radius 2 is 1.22 bits per heavy atom. The fourth-order valence-corrected chi connectivity index (χ4v) is 14.7. The number of nitrogens with one attached hydrogen (secondary N) is 1. The summed E-state index contributed by atoms with van der Waals surface area (Å²) in [7, 11) is -1.60. The van der Waals surface area contributed by atoms with E-state index in [1.807, 2.05) is 0 Å². The fourth-order valence-electron chi connectivity index (χ4n) is 3.61. The Kier molecular flexibility index (Phi) is 6.96. The lowest BCUT2D eigenvalue weighted by Crippen LogP contribution is -2.35. The molecule has 0 saturated heterocycles. The molecule has 0 heterocycles. The molecule has 138 valence electrons. The molecule has 3 rings (SSSR count). The van der Waals surface area contributed by atoms with Crippen LogP contribution >= 0.6 is 7.92 Å². The third-order valence-corrected chi connectivity index (χ3v) is 15.1. The summed E-state index contributed by atoms with van der Waals surface area (Å²) in [4.78, 5) is 1.41. The molecule has 3 aromatic rings. The predicted octanol–water partition coefficient (Wildman–Crippen LogP) is 5.36. The summed E-state index contributed by atoms with van der Waals surface area (Å²) in [5.74, 6) is 2.46. The third kappa shape index (κ3) is 5.81. The van der Waals surface area contributed by atoms with Gasteiger partial charge in [-0.05, 0) is 24.6 Å². The third-order valence-electron chi connectivity index (χ3n) is 4.49. The molecule has 1 nitrogen and oxygen atoms in total. The number of rotatable bonds is 7. The Hall–Kier alpha value is -1.36. The van der Waals surface area contributed by atoms with E-state index in [1.54, 1.807) is 0 Å². The molecular formula is C23H29AlNPSi. The molecule has 0 amide bonds. The molecule has 0 saturated carbocycles. The van der Waals surface area contributed by atoms with Crippen LogP contribution in [-0.2, 0) is 0 Å². The standard InChI is InChI=1S/C18H15NP.C4H11Si.CH3.Al/c19-17-13-7-8-14-18(17)20(15-9-3-1-4-10-15)16-11-5-2-6-12-16;1-5(2,3)4;;/h1-14,19H;1H2,2-4H3;1H3;/q-1;;;+1. The monoisotopic (exact) mass is 405 g/mol. The minimum atomic E-state index is -1.04. The van der Waals surface area contributed by atoms with Gasteiger partial charge in [0.15, 0.2) is 0 Å². The average Bonchev–Trinajstić information content (AvgIpc) is 2.64. The van der Waals surface area contributed by atoms with Gasteiger partial charge in [-0.3, -0.25) is 0 Å². The highest BCUT2D eigenvalue weighted by atomic mass is 31.1. The van der Waals surface area contributed by atoms with Crippen LogP contribution in [0.3, 0.4) is 0 Å². The number of benzene rings is 3. The quantitative estimate of drug-likeness (QED) is 0.412. The molecule has 0 aliphatic carbocycles. The van der Waals surface area contributed by atoms with Crippen LogP contribution in [0.15, 0.2) is 84.9 Å². The molecular weight excluding hydrogens is 376 g/mol. The van der Waals surface area contributed by atoms with E-state index in [0.717, 1.165) is 0 Å². The van der Waals surface area contributed by atoms with Crippen LogP contribution in [-0.4, -0.2) is 22.4 Å². The SMILES string of the molecule is [CH3][Al]([CH2][Si](C)(C)C)[NH]c1ccccc1P(c1ccccc1)c1ccccc1. The first-order valence-corrected chi connectivity index (χ1v) is 17.3. The van der Waals surface area contributed by atoms with E-state index in [2.05, 4.69) is 115 Å². The molecule has 1 N–H and O–H groups in total. The minimum Gasteiger partial charge on any atom is -0.476 e. The second-order valence-corrected chi connectivity index (χ2v) is 19.4. The average molecular weight is 406 g/mol. The highest BCUT2D eigenvalue weighted by Crippen LogP contribution is 2.35. The van der Waals surface area contributed by atoms with E-state index >= 15 is 0 Å². The molecule has 0 unspecified atom stereocenters. The van der Waals surface area contributed by atoms with Crippen LogP contribution in [0.5, 0.6) is 0 Å². The predicted molar refractivity (Wildman–Crippen MR) is 129 cm³/mol. The smallest absolute Gasteiger partial charge is 0.405 e. The first kappa shape index (κ1) is 20.4. The molecule has 0 fully saturated rings. The maximum absolute atomic E-state index is 3.98. The van der Waals surface area contributed by atoms with Gasteiger partial charge in [0, 0.05) is 19.1 Å². The fraction of sp³-hybridized carbons (Fsp3) is 0.217. The summed E-state index contributed by atoms with van der Waals surface area (Å²) in [6.45, 7) is 7.43. The lowest BCUT2D eigenvalue weighted by molar-refractivity contribution is 1.56. The second-order valence-electron chi connectivity index (χ2n) is 8.33. The van der Waals surface area contributed by atoms with Crippen molar-refractivity contribution in [2.75, 3.05) is 4.30 Å². The zero-order chi connectivity index (χ0) is 19.3. The van der Waals surface area contributed by atoms with E-state index < -0.39 is 30.4 Å². The van der Waals surface area contributed by atoms with Crippen LogP contribution in [0.1, 0.15) is 0 Å². The van der Waals surface area contributed by atoms with E-state index in [9.17, 15) is 0 Å². The normalized spacial score (nSPS) is 11.4. The van der Waals surface area contributed by atoms with Gasteiger partial charge in [0.05, 0.1) is 0 Å². The summed E-state index contributed by atoms with van der Waals surface area (Å²) < 4.78 is 3.98. The summed E-state index contributed by atoms with van der Waals surface area (Å²) >= 11 is -0.989. The molecule has 0 spiro atoms. The highest BCUT2D eigenvalue weighted by molar-refractivity contribution is 7.80. The maximum Gasteiger partial charge on any atom is 0.405 e. The van der Waals surface area contributed by atoms with Crippen molar-refractivity contribution in [2.24, 2.45) is 0 Å². The van der Waals surface area contributed by atoms with Crippen molar-refractivity contribution in [3.05, 3.63) is 84.9 Å². The van der Waals surface area contributed by atoms with Crippen molar-refractivity contribution in [1.29, 1.82) is 0 Å². The van der Waals surface area contributed by atoms with Crippen LogP contribution in [0.4, 0.5) is 5.69 Å². The molecule has 0 radical (unpaired) electrons. The minimum absolute atomic E-state index is 0.559. The highest BCUT2D eigenvalue weighted by Gasteiger charge is 2.25. The Bertz CT molecular complexity index is 810. The Morgan fingerprint density at radius 3 is 1.74 bits per heavy atom. The molecule has 4 heteroatoms. The Morgan fingerprint density at radius 1 is 0.741 bits per heavy atom. The van der Waals surface area contributed by atoms with E-state index in [0.29, 0.717) is 0 Å². The molecule has 0 aliphatic heterocycles. The van der Waals surface area contributed by atoms with E-state index in [-0.39, 0.29) is 0 Å². The van der Waals surface area contributed by atoms with Crippen LogP contribution in [0.25, 0.3) is 0 Å². The van der Waals surface area contributed by atoms with Crippen molar-refractivity contribution in [3.63, 3.8) is 0 Å². The van der Waals surface area contributed by atoms with Gasteiger partial charge in [-0.2, -0.15) is 0 Å². The largest absolute Gasteiger partial charge is 0.476 e.